The number of nitrogens with one attached hydrogen (secondary N) is 2. The number of esters is 1. The summed E-state index contributed by atoms with van der Waals surface area (Å²) in [5.74, 6) is 0.969. The molecule has 2 aromatic carbocycles. The Labute approximate surface area is 258 Å². The molecule has 1 aromatic heterocycles. The fourth-order valence-corrected chi connectivity index (χ4v) is 6.54. The van der Waals surface area contributed by atoms with Crippen LogP contribution in [0.5, 0.6) is 11.5 Å². The summed E-state index contributed by atoms with van der Waals surface area (Å²) in [5, 5.41) is 5.89. The highest BCUT2D eigenvalue weighted by Gasteiger charge is 2.31. The lowest BCUT2D eigenvalue weighted by Crippen LogP contribution is -2.49. The first-order valence-corrected chi connectivity index (χ1v) is 15.3. The molecule has 3 aromatic rings. The van der Waals surface area contributed by atoms with E-state index in [9.17, 15) is 14.4 Å². The fraction of sp³-hybridized carbons (Fsp3) is 0.429. The first-order chi connectivity index (χ1) is 21.2. The molecule has 3 amide bonds. The molecule has 1 heterocycles. The minimum Gasteiger partial charge on any atom is -0.493 e. The lowest BCUT2D eigenvalue weighted by molar-refractivity contribution is -0.123. The topological polar surface area (TPSA) is 116 Å². The van der Waals surface area contributed by atoms with Crippen LogP contribution in [-0.2, 0) is 16.0 Å². The predicted octanol–water partition coefficient (Wildman–Crippen LogP) is 6.18. The van der Waals surface area contributed by atoms with Crippen molar-refractivity contribution in [1.82, 2.24) is 15.6 Å². The van der Waals surface area contributed by atoms with Gasteiger partial charge in [0, 0.05) is 17.0 Å². The van der Waals surface area contributed by atoms with Crippen molar-refractivity contribution in [3.63, 3.8) is 0 Å². The van der Waals surface area contributed by atoms with Gasteiger partial charge >= 0.3 is 12.0 Å². The van der Waals surface area contributed by atoms with Crippen LogP contribution in [0.1, 0.15) is 73.6 Å². The van der Waals surface area contributed by atoms with E-state index in [4.69, 9.17) is 19.2 Å². The number of urea groups is 1. The maximum absolute atomic E-state index is 13.7. The number of methoxy groups -OCH3 is 2. The molecule has 44 heavy (non-hydrogen) atoms. The van der Waals surface area contributed by atoms with E-state index < -0.39 is 24.5 Å². The van der Waals surface area contributed by atoms with E-state index in [0.717, 1.165) is 48.1 Å². The monoisotopic (exact) mass is 599 g/mol. The van der Waals surface area contributed by atoms with Crippen LogP contribution in [0.15, 0.2) is 42.5 Å². The molecule has 1 fully saturated rings. The molecule has 0 aliphatic heterocycles. The van der Waals surface area contributed by atoms with Gasteiger partial charge in [0.1, 0.15) is 0 Å². The summed E-state index contributed by atoms with van der Waals surface area (Å²) < 4.78 is 16.7. The highest BCUT2D eigenvalue weighted by atomic mass is 16.5. The predicted molar refractivity (Wildman–Crippen MR) is 170 cm³/mol. The summed E-state index contributed by atoms with van der Waals surface area (Å²) in [5.41, 5.74) is 4.34. The van der Waals surface area contributed by atoms with Crippen LogP contribution in [0, 0.1) is 17.8 Å². The zero-order chi connectivity index (χ0) is 31.4. The molecule has 1 saturated carbocycles. The number of hydrogen-bond acceptors (Lipinski definition) is 7. The third kappa shape index (κ3) is 6.56. The molecule has 2 N–H and O–H groups in total. The molecule has 2 aliphatic carbocycles. The van der Waals surface area contributed by atoms with Crippen molar-refractivity contribution in [2.75, 3.05) is 20.8 Å². The molecule has 0 radical (unpaired) electrons. The second kappa shape index (κ2) is 13.5. The lowest BCUT2D eigenvalue weighted by Gasteiger charge is -2.34. The van der Waals surface area contributed by atoms with Gasteiger partial charge in [0.05, 0.1) is 31.0 Å². The molecule has 5 rings (SSSR count). The number of benzene rings is 2. The molecule has 2 aliphatic rings. The number of carbonyl (C=O) groups is 3. The number of pyridine rings is 1. The van der Waals surface area contributed by atoms with E-state index in [1.807, 2.05) is 48.5 Å². The van der Waals surface area contributed by atoms with Crippen molar-refractivity contribution in [3.8, 4) is 11.5 Å². The Balaban J connectivity index is 1.40. The highest BCUT2D eigenvalue weighted by molar-refractivity contribution is 6.07. The second-order valence-corrected chi connectivity index (χ2v) is 12.1. The van der Waals surface area contributed by atoms with Crippen LogP contribution in [0.25, 0.3) is 22.6 Å². The van der Waals surface area contributed by atoms with E-state index in [0.29, 0.717) is 46.2 Å². The number of ether oxygens (including phenoxy) is 3. The number of allylic oxidation sites excluding steroid dienone is 1. The maximum Gasteiger partial charge on any atom is 0.339 e. The van der Waals surface area contributed by atoms with Crippen molar-refractivity contribution in [1.29, 1.82) is 0 Å². The molecule has 9 nitrogen and oxygen atoms in total. The number of aromatic nitrogens is 1. The van der Waals surface area contributed by atoms with Gasteiger partial charge in [-0.3, -0.25) is 10.1 Å². The van der Waals surface area contributed by atoms with E-state index in [-0.39, 0.29) is 12.0 Å². The first-order valence-electron chi connectivity index (χ1n) is 15.3. The Hall–Kier alpha value is -4.40. The lowest BCUT2D eigenvalue weighted by atomic mass is 9.78. The van der Waals surface area contributed by atoms with Gasteiger partial charge in [-0.25, -0.2) is 14.6 Å². The SMILES string of the molecule is COc1cccc(C=C2CC(C)Cc3c2nc2ccccc2c3C(=O)OCC(=O)NC(=O)NC2CCCC(C)C2C)c1OC. The molecule has 0 bridgehead atoms. The van der Waals surface area contributed by atoms with Gasteiger partial charge in [-0.15, -0.1) is 0 Å². The average Bonchev–Trinajstić information content (AvgIpc) is 3.01. The zero-order valence-electron chi connectivity index (χ0n) is 26.1. The van der Waals surface area contributed by atoms with Gasteiger partial charge in [-0.2, -0.15) is 0 Å². The van der Waals surface area contributed by atoms with Gasteiger partial charge in [-0.1, -0.05) is 63.9 Å². The van der Waals surface area contributed by atoms with Crippen molar-refractivity contribution in [2.24, 2.45) is 17.8 Å². The van der Waals surface area contributed by atoms with E-state index >= 15 is 0 Å². The summed E-state index contributed by atoms with van der Waals surface area (Å²) >= 11 is 0. The quantitative estimate of drug-likeness (QED) is 0.312. The number of rotatable bonds is 7. The van der Waals surface area contributed by atoms with Crippen molar-refractivity contribution in [3.05, 3.63) is 64.8 Å². The minimum atomic E-state index is -0.682. The summed E-state index contributed by atoms with van der Waals surface area (Å²) in [6.07, 6.45) is 6.46. The van der Waals surface area contributed by atoms with Crippen molar-refractivity contribution < 1.29 is 28.6 Å². The number of hydrogen-bond donors (Lipinski definition) is 2. The number of para-hydroxylation sites is 2. The van der Waals surface area contributed by atoms with Crippen LogP contribution >= 0.6 is 0 Å². The molecule has 9 heteroatoms. The number of amides is 3. The molecular weight excluding hydrogens is 558 g/mol. The van der Waals surface area contributed by atoms with Gasteiger partial charge in [-0.05, 0) is 66.4 Å². The second-order valence-electron chi connectivity index (χ2n) is 12.1. The van der Waals surface area contributed by atoms with Crippen LogP contribution in [-0.4, -0.2) is 49.8 Å². The number of imide groups is 1. The number of carbonyl (C=O) groups excluding carboxylic acids is 3. The Morgan fingerprint density at radius 1 is 0.977 bits per heavy atom. The molecule has 4 unspecified atom stereocenters. The summed E-state index contributed by atoms with van der Waals surface area (Å²) in [6, 6.07) is 12.6. The van der Waals surface area contributed by atoms with Crippen LogP contribution in [0.4, 0.5) is 4.79 Å². The van der Waals surface area contributed by atoms with Gasteiger partial charge < -0.3 is 19.5 Å². The van der Waals surface area contributed by atoms with Gasteiger partial charge in [0.25, 0.3) is 5.91 Å². The Kier molecular flexibility index (Phi) is 9.52. The smallest absolute Gasteiger partial charge is 0.339 e. The van der Waals surface area contributed by atoms with Gasteiger partial charge in [0.2, 0.25) is 0 Å². The van der Waals surface area contributed by atoms with Gasteiger partial charge in [0.15, 0.2) is 18.1 Å². The summed E-state index contributed by atoms with van der Waals surface area (Å²) in [4.78, 5) is 43.9. The third-order valence-electron chi connectivity index (χ3n) is 9.00. The third-order valence-corrected chi connectivity index (χ3v) is 9.00. The van der Waals surface area contributed by atoms with Crippen molar-refractivity contribution >= 4 is 40.5 Å². The standard InChI is InChI=1S/C35H41N3O6/c1-20-16-24(18-23-11-9-15-29(42-4)33(23)43-5)32-26(17-20)31(25-12-6-7-13-28(25)36-32)34(40)44-19-30(39)38-35(41)37-27-14-8-10-21(2)22(27)3/h6-7,9,11-13,15,18,20-22,27H,8,10,14,16-17,19H2,1-5H3,(H2,37,38,39,41). The highest BCUT2D eigenvalue weighted by Crippen LogP contribution is 2.41. The van der Waals surface area contributed by atoms with E-state index in [1.165, 1.54) is 0 Å². The molecule has 0 saturated heterocycles. The molecular formula is C35H41N3O6. The van der Waals surface area contributed by atoms with Crippen LogP contribution in [0.3, 0.4) is 0 Å². The molecule has 232 valence electrons. The molecule has 0 spiro atoms. The Morgan fingerprint density at radius 3 is 2.55 bits per heavy atom. The first kappa shape index (κ1) is 31.0. The van der Waals surface area contributed by atoms with Crippen LogP contribution < -0.4 is 20.1 Å². The Bertz CT molecular complexity index is 1600. The average molecular weight is 600 g/mol. The number of fused-ring (bicyclic) bond motifs is 2. The zero-order valence-corrected chi connectivity index (χ0v) is 26.1. The van der Waals surface area contributed by atoms with E-state index in [2.05, 4.69) is 31.4 Å². The normalized spacial score (nSPS) is 22.2. The summed E-state index contributed by atoms with van der Waals surface area (Å²) in [7, 11) is 3.20. The summed E-state index contributed by atoms with van der Waals surface area (Å²) in [6.45, 7) is 5.85. The Morgan fingerprint density at radius 2 is 1.77 bits per heavy atom. The number of nitrogens with zero attached hydrogens (tertiary/aromatic N) is 1. The molecule has 4 atom stereocenters. The van der Waals surface area contributed by atoms with Crippen LogP contribution in [0.2, 0.25) is 0 Å². The largest absolute Gasteiger partial charge is 0.493 e. The maximum atomic E-state index is 13.7. The minimum absolute atomic E-state index is 0.00462. The fourth-order valence-electron chi connectivity index (χ4n) is 6.54. The van der Waals surface area contributed by atoms with E-state index in [1.54, 1.807) is 14.2 Å². The van der Waals surface area contributed by atoms with Crippen molar-refractivity contribution in [2.45, 2.75) is 58.9 Å².